The third-order valence-corrected chi connectivity index (χ3v) is 7.04. The lowest BCUT2D eigenvalue weighted by molar-refractivity contribution is -0.143. The molecule has 2 aliphatic rings. The third kappa shape index (κ3) is 5.42. The summed E-state index contributed by atoms with van der Waals surface area (Å²) in [5.41, 5.74) is 1.16. The number of nitrogens with zero attached hydrogens (tertiary/aromatic N) is 2. The number of hydrogen-bond acceptors (Lipinski definition) is 4. The van der Waals surface area contributed by atoms with Gasteiger partial charge in [-0.1, -0.05) is 25.4 Å². The van der Waals surface area contributed by atoms with Crippen molar-refractivity contribution in [2.45, 2.75) is 39.2 Å². The van der Waals surface area contributed by atoms with E-state index in [0.717, 1.165) is 30.6 Å². The summed E-state index contributed by atoms with van der Waals surface area (Å²) in [6, 6.07) is 9.20. The smallest absolute Gasteiger partial charge is 0.242 e. The van der Waals surface area contributed by atoms with Crippen molar-refractivity contribution in [1.29, 1.82) is 0 Å². The minimum Gasteiger partial charge on any atom is -0.491 e. The van der Waals surface area contributed by atoms with E-state index in [0.29, 0.717) is 30.6 Å². The van der Waals surface area contributed by atoms with Gasteiger partial charge in [0.15, 0.2) is 0 Å². The molecule has 1 unspecified atom stereocenters. The van der Waals surface area contributed by atoms with E-state index in [1.807, 2.05) is 17.0 Å². The lowest BCUT2D eigenvalue weighted by Gasteiger charge is -2.37. The van der Waals surface area contributed by atoms with E-state index < -0.39 is 0 Å². The van der Waals surface area contributed by atoms with Gasteiger partial charge in [-0.25, -0.2) is 0 Å². The monoisotopic (exact) mass is 460 g/mol. The quantitative estimate of drug-likeness (QED) is 0.568. The molecule has 1 saturated carbocycles. The van der Waals surface area contributed by atoms with E-state index in [1.54, 1.807) is 28.4 Å². The molecule has 5 nitrogen and oxygen atoms in total. The average molecular weight is 461 g/mol. The van der Waals surface area contributed by atoms with Crippen molar-refractivity contribution in [3.8, 4) is 5.75 Å². The molecule has 0 N–H and O–H groups in total. The van der Waals surface area contributed by atoms with Crippen molar-refractivity contribution >= 4 is 34.8 Å². The number of halogens is 1. The fourth-order valence-electron chi connectivity index (χ4n) is 4.10. The highest BCUT2D eigenvalue weighted by molar-refractivity contribution is 7.10. The number of hydrogen-bond donors (Lipinski definition) is 0. The molecule has 0 spiro atoms. The highest BCUT2D eigenvalue weighted by Crippen LogP contribution is 2.35. The normalized spacial score (nSPS) is 18.1. The zero-order valence-electron chi connectivity index (χ0n) is 18.1. The van der Waals surface area contributed by atoms with Gasteiger partial charge < -0.3 is 14.5 Å². The lowest BCUT2D eigenvalue weighted by atomic mass is 10.00. The molecule has 1 aliphatic carbocycles. The minimum absolute atomic E-state index is 0.00351. The van der Waals surface area contributed by atoms with E-state index in [2.05, 4.69) is 25.3 Å². The number of thiophene rings is 1. The first-order valence-corrected chi connectivity index (χ1v) is 12.2. The van der Waals surface area contributed by atoms with E-state index in [1.165, 1.54) is 4.88 Å². The Hall–Kier alpha value is -2.05. The Morgan fingerprint density at radius 3 is 2.65 bits per heavy atom. The van der Waals surface area contributed by atoms with Gasteiger partial charge in [0, 0.05) is 28.9 Å². The van der Waals surface area contributed by atoms with E-state index in [9.17, 15) is 9.59 Å². The van der Waals surface area contributed by atoms with Gasteiger partial charge in [-0.3, -0.25) is 9.59 Å². The molecular formula is C24H29ClN2O3S. The second-order valence-electron chi connectivity index (χ2n) is 8.80. The van der Waals surface area contributed by atoms with Crippen LogP contribution in [0.4, 0.5) is 0 Å². The molecule has 0 saturated heterocycles. The van der Waals surface area contributed by atoms with Crippen LogP contribution in [0.2, 0.25) is 5.02 Å². The molecular weight excluding hydrogens is 432 g/mol. The van der Waals surface area contributed by atoms with Gasteiger partial charge in [0.1, 0.15) is 12.4 Å². The first-order valence-electron chi connectivity index (χ1n) is 10.9. The molecule has 1 atom stereocenters. The van der Waals surface area contributed by atoms with Gasteiger partial charge >= 0.3 is 0 Å². The first-order chi connectivity index (χ1) is 14.9. The molecule has 2 heterocycles. The molecule has 0 bridgehead atoms. The van der Waals surface area contributed by atoms with Crippen LogP contribution in [0.15, 0.2) is 35.7 Å². The van der Waals surface area contributed by atoms with E-state index >= 15 is 0 Å². The largest absolute Gasteiger partial charge is 0.491 e. The number of ether oxygens (including phenoxy) is 1. The zero-order chi connectivity index (χ0) is 22.0. The van der Waals surface area contributed by atoms with Crippen LogP contribution in [0.25, 0.3) is 0 Å². The highest BCUT2D eigenvalue weighted by Gasteiger charge is 2.37. The van der Waals surface area contributed by atoms with Crippen molar-refractivity contribution in [1.82, 2.24) is 9.80 Å². The standard InChI is InChI=1S/C24H29ClN2O3S/c1-16(2)13-26(24(29)17-3-4-17)14-23(28)27-11-9-22-20(10-12-31-22)21(27)15-30-19-7-5-18(25)6-8-19/h5-8,10,12,16-17,21H,3-4,9,11,13-15H2,1-2H3. The number of carbonyl (C=O) groups is 2. The maximum Gasteiger partial charge on any atom is 0.242 e. The van der Waals surface area contributed by atoms with Gasteiger partial charge in [-0.15, -0.1) is 11.3 Å². The molecule has 1 aromatic carbocycles. The first kappa shape index (κ1) is 22.2. The topological polar surface area (TPSA) is 49.9 Å². The fourth-order valence-corrected chi connectivity index (χ4v) is 5.15. The molecule has 1 aromatic heterocycles. The maximum absolute atomic E-state index is 13.4. The Balaban J connectivity index is 1.49. The van der Waals surface area contributed by atoms with Crippen LogP contribution in [0.5, 0.6) is 5.75 Å². The Morgan fingerprint density at radius 1 is 1.23 bits per heavy atom. The van der Waals surface area contributed by atoms with Gasteiger partial charge in [0.05, 0.1) is 12.6 Å². The fraction of sp³-hybridized carbons (Fsp3) is 0.500. The van der Waals surface area contributed by atoms with Gasteiger partial charge in [0.2, 0.25) is 11.8 Å². The summed E-state index contributed by atoms with van der Waals surface area (Å²) in [6.07, 6.45) is 2.74. The molecule has 166 valence electrons. The van der Waals surface area contributed by atoms with Crippen molar-refractivity contribution in [3.63, 3.8) is 0 Å². The van der Waals surface area contributed by atoms with Crippen molar-refractivity contribution in [2.75, 3.05) is 26.2 Å². The Kier molecular flexibility index (Phi) is 6.87. The Labute approximate surface area is 192 Å². The maximum atomic E-state index is 13.4. The number of fused-ring (bicyclic) bond motifs is 1. The summed E-state index contributed by atoms with van der Waals surface area (Å²) in [4.78, 5) is 31.1. The predicted octanol–water partition coefficient (Wildman–Crippen LogP) is 4.80. The van der Waals surface area contributed by atoms with Crippen LogP contribution in [-0.2, 0) is 16.0 Å². The SMILES string of the molecule is CC(C)CN(CC(=O)N1CCc2sccc2C1COc1ccc(Cl)cc1)C(=O)C1CC1. The van der Waals surface area contributed by atoms with Crippen LogP contribution in [0.1, 0.15) is 43.2 Å². The highest BCUT2D eigenvalue weighted by atomic mass is 35.5. The van der Waals surface area contributed by atoms with Crippen LogP contribution in [0.3, 0.4) is 0 Å². The second kappa shape index (κ2) is 9.61. The lowest BCUT2D eigenvalue weighted by Crippen LogP contribution is -2.48. The molecule has 4 rings (SSSR count). The molecule has 1 aliphatic heterocycles. The van der Waals surface area contributed by atoms with Crippen molar-refractivity contribution in [2.24, 2.45) is 11.8 Å². The van der Waals surface area contributed by atoms with E-state index in [-0.39, 0.29) is 30.3 Å². The molecule has 1 fully saturated rings. The Bertz CT molecular complexity index is 923. The molecule has 0 radical (unpaired) electrons. The zero-order valence-corrected chi connectivity index (χ0v) is 19.6. The van der Waals surface area contributed by atoms with Crippen molar-refractivity contribution in [3.05, 3.63) is 51.2 Å². The summed E-state index contributed by atoms with van der Waals surface area (Å²) in [5, 5.41) is 2.74. The number of carbonyl (C=O) groups excluding carboxylic acids is 2. The number of amides is 2. The number of rotatable bonds is 8. The van der Waals surface area contributed by atoms with Crippen LogP contribution < -0.4 is 4.74 Å². The summed E-state index contributed by atoms with van der Waals surface area (Å²) < 4.78 is 6.04. The third-order valence-electron chi connectivity index (χ3n) is 5.79. The van der Waals surface area contributed by atoms with Gasteiger partial charge in [0.25, 0.3) is 0 Å². The average Bonchev–Trinajstić information content (AvgIpc) is 3.48. The minimum atomic E-state index is -0.157. The predicted molar refractivity (Wildman–Crippen MR) is 124 cm³/mol. The van der Waals surface area contributed by atoms with Gasteiger partial charge in [-0.05, 0) is 66.5 Å². The Morgan fingerprint density at radius 2 is 1.97 bits per heavy atom. The molecule has 2 aromatic rings. The molecule has 7 heteroatoms. The van der Waals surface area contributed by atoms with Crippen LogP contribution in [-0.4, -0.2) is 47.9 Å². The second-order valence-corrected chi connectivity index (χ2v) is 10.2. The summed E-state index contributed by atoms with van der Waals surface area (Å²) in [6.45, 7) is 5.94. The van der Waals surface area contributed by atoms with Crippen LogP contribution in [0, 0.1) is 11.8 Å². The summed E-state index contributed by atoms with van der Waals surface area (Å²) >= 11 is 7.71. The van der Waals surface area contributed by atoms with Crippen LogP contribution >= 0.6 is 22.9 Å². The molecule has 2 amide bonds. The van der Waals surface area contributed by atoms with E-state index in [4.69, 9.17) is 16.3 Å². The van der Waals surface area contributed by atoms with Gasteiger partial charge in [-0.2, -0.15) is 0 Å². The summed E-state index contributed by atoms with van der Waals surface area (Å²) in [7, 11) is 0. The van der Waals surface area contributed by atoms with Crippen molar-refractivity contribution < 1.29 is 14.3 Å². The number of benzene rings is 1. The summed E-state index contributed by atoms with van der Waals surface area (Å²) in [5.74, 6) is 1.29. The molecule has 31 heavy (non-hydrogen) atoms.